The van der Waals surface area contributed by atoms with Crippen molar-refractivity contribution in [3.05, 3.63) is 41.2 Å². The lowest BCUT2D eigenvalue weighted by molar-refractivity contribution is 0.102. The maximum absolute atomic E-state index is 13.6. The van der Waals surface area contributed by atoms with E-state index in [2.05, 4.69) is 15.4 Å². The largest absolute Gasteiger partial charge is 0.296 e. The van der Waals surface area contributed by atoms with Crippen LogP contribution in [0.5, 0.6) is 0 Å². The molecule has 0 radical (unpaired) electrons. The van der Waals surface area contributed by atoms with Gasteiger partial charge in [-0.1, -0.05) is 11.3 Å². The minimum Gasteiger partial charge on any atom is -0.296 e. The first-order valence-corrected chi connectivity index (χ1v) is 7.41. The summed E-state index contributed by atoms with van der Waals surface area (Å²) in [5.74, 6) is -1.86. The summed E-state index contributed by atoms with van der Waals surface area (Å²) in [7, 11) is 0. The van der Waals surface area contributed by atoms with Crippen LogP contribution in [0.25, 0.3) is 10.2 Å². The Morgan fingerprint density at radius 2 is 2.14 bits per heavy atom. The molecule has 0 unspecified atom stereocenters. The number of hydrogen-bond acceptors (Lipinski definition) is 4. The summed E-state index contributed by atoms with van der Waals surface area (Å²) in [5, 5.41) is 6.92. The van der Waals surface area contributed by atoms with E-state index in [4.69, 9.17) is 0 Å². The second-order valence-corrected chi connectivity index (χ2v) is 5.72. The van der Waals surface area contributed by atoms with Gasteiger partial charge in [0, 0.05) is 18.3 Å². The van der Waals surface area contributed by atoms with E-state index in [-0.39, 0.29) is 16.3 Å². The van der Waals surface area contributed by atoms with Gasteiger partial charge in [0.1, 0.15) is 11.3 Å². The van der Waals surface area contributed by atoms with Crippen LogP contribution in [0.4, 0.5) is 13.9 Å². The molecule has 8 heteroatoms. The summed E-state index contributed by atoms with van der Waals surface area (Å²) in [4.78, 5) is 16.1. The maximum atomic E-state index is 13.6. The Labute approximate surface area is 128 Å². The standard InChI is InChI=1S/C14H12F2N4OS/c1-3-20-7(2)4-10(19-20)13(21)18-14-17-12-9(16)5-8(15)6-11(12)22-14/h4-6H,3H2,1-2H3,(H,17,18,21). The summed E-state index contributed by atoms with van der Waals surface area (Å²) in [6.07, 6.45) is 0. The fourth-order valence-corrected chi connectivity index (χ4v) is 3.01. The first kappa shape index (κ1) is 14.6. The molecule has 1 amide bonds. The Balaban J connectivity index is 1.89. The minimum absolute atomic E-state index is 0.0389. The van der Waals surface area contributed by atoms with Crippen LogP contribution in [0.2, 0.25) is 0 Å². The number of carbonyl (C=O) groups excluding carboxylic acids is 1. The predicted molar refractivity (Wildman–Crippen MR) is 80.1 cm³/mol. The Morgan fingerprint density at radius 3 is 2.82 bits per heavy atom. The van der Waals surface area contributed by atoms with E-state index in [9.17, 15) is 13.6 Å². The van der Waals surface area contributed by atoms with Gasteiger partial charge in [-0.2, -0.15) is 5.10 Å². The van der Waals surface area contributed by atoms with Crippen LogP contribution < -0.4 is 5.32 Å². The summed E-state index contributed by atoms with van der Waals surface area (Å²) in [6, 6.07) is 3.61. The van der Waals surface area contributed by atoms with E-state index in [1.54, 1.807) is 10.7 Å². The van der Waals surface area contributed by atoms with Crippen molar-refractivity contribution in [1.82, 2.24) is 14.8 Å². The molecule has 0 aliphatic heterocycles. The number of amides is 1. The number of aromatic nitrogens is 3. The van der Waals surface area contributed by atoms with Crippen molar-refractivity contribution in [3.63, 3.8) is 0 Å². The predicted octanol–water partition coefficient (Wildman–Crippen LogP) is 3.35. The molecule has 0 fully saturated rings. The summed E-state index contributed by atoms with van der Waals surface area (Å²) < 4.78 is 28.8. The van der Waals surface area contributed by atoms with Gasteiger partial charge in [0.05, 0.1) is 4.70 Å². The number of thiazole rings is 1. The lowest BCUT2D eigenvalue weighted by atomic mass is 10.3. The van der Waals surface area contributed by atoms with E-state index in [1.165, 1.54) is 6.07 Å². The quantitative estimate of drug-likeness (QED) is 0.804. The van der Waals surface area contributed by atoms with Gasteiger partial charge in [0.25, 0.3) is 5.91 Å². The van der Waals surface area contributed by atoms with Crippen LogP contribution in [-0.4, -0.2) is 20.7 Å². The van der Waals surface area contributed by atoms with Gasteiger partial charge in [-0.25, -0.2) is 13.8 Å². The highest BCUT2D eigenvalue weighted by Crippen LogP contribution is 2.28. The van der Waals surface area contributed by atoms with Crippen LogP contribution in [0.3, 0.4) is 0 Å². The molecule has 114 valence electrons. The highest BCUT2D eigenvalue weighted by molar-refractivity contribution is 7.22. The third-order valence-corrected chi connectivity index (χ3v) is 4.06. The Hall–Kier alpha value is -2.35. The van der Waals surface area contributed by atoms with Gasteiger partial charge in [0.2, 0.25) is 0 Å². The van der Waals surface area contributed by atoms with Crippen molar-refractivity contribution < 1.29 is 13.6 Å². The molecule has 2 heterocycles. The lowest BCUT2D eigenvalue weighted by Gasteiger charge is -1.98. The molecular formula is C14H12F2N4OS. The monoisotopic (exact) mass is 322 g/mol. The number of fused-ring (bicyclic) bond motifs is 1. The number of anilines is 1. The van der Waals surface area contributed by atoms with Gasteiger partial charge in [-0.05, 0) is 26.0 Å². The molecule has 1 aromatic carbocycles. The van der Waals surface area contributed by atoms with Gasteiger partial charge in [-0.15, -0.1) is 0 Å². The van der Waals surface area contributed by atoms with Crippen molar-refractivity contribution in [1.29, 1.82) is 0 Å². The third-order valence-electron chi connectivity index (χ3n) is 3.15. The number of halogens is 2. The van der Waals surface area contributed by atoms with E-state index >= 15 is 0 Å². The number of rotatable bonds is 3. The third kappa shape index (κ3) is 2.57. The van der Waals surface area contributed by atoms with Crippen LogP contribution in [-0.2, 0) is 6.54 Å². The van der Waals surface area contributed by atoms with E-state index in [0.717, 1.165) is 23.1 Å². The van der Waals surface area contributed by atoms with Crippen molar-refractivity contribution in [2.24, 2.45) is 0 Å². The molecule has 3 rings (SSSR count). The van der Waals surface area contributed by atoms with E-state index < -0.39 is 17.5 Å². The number of aryl methyl sites for hydroxylation is 2. The molecule has 1 N–H and O–H groups in total. The Bertz CT molecular complexity index is 871. The zero-order valence-electron chi connectivity index (χ0n) is 11.9. The molecule has 3 aromatic rings. The van der Waals surface area contributed by atoms with Crippen LogP contribution in [0.1, 0.15) is 23.1 Å². The van der Waals surface area contributed by atoms with Gasteiger partial charge in [0.15, 0.2) is 16.6 Å². The molecule has 0 bridgehead atoms. The Kier molecular flexibility index (Phi) is 3.61. The topological polar surface area (TPSA) is 59.8 Å². The van der Waals surface area contributed by atoms with Crippen LogP contribution in [0.15, 0.2) is 18.2 Å². The summed E-state index contributed by atoms with van der Waals surface area (Å²) in [5.41, 5.74) is 1.16. The maximum Gasteiger partial charge on any atom is 0.277 e. The smallest absolute Gasteiger partial charge is 0.277 e. The van der Waals surface area contributed by atoms with Gasteiger partial charge < -0.3 is 0 Å². The van der Waals surface area contributed by atoms with Gasteiger partial charge >= 0.3 is 0 Å². The second kappa shape index (κ2) is 5.45. The lowest BCUT2D eigenvalue weighted by Crippen LogP contribution is -2.13. The van der Waals surface area contributed by atoms with Crippen molar-refractivity contribution in [3.8, 4) is 0 Å². The van der Waals surface area contributed by atoms with E-state index in [1.807, 2.05) is 13.8 Å². The Morgan fingerprint density at radius 1 is 1.36 bits per heavy atom. The van der Waals surface area contributed by atoms with Crippen molar-refractivity contribution in [2.45, 2.75) is 20.4 Å². The SMILES string of the molecule is CCn1nc(C(=O)Nc2nc3c(F)cc(F)cc3s2)cc1C. The number of hydrogen-bond donors (Lipinski definition) is 1. The fourth-order valence-electron chi connectivity index (χ4n) is 2.11. The van der Waals surface area contributed by atoms with Crippen LogP contribution >= 0.6 is 11.3 Å². The second-order valence-electron chi connectivity index (χ2n) is 4.69. The number of nitrogens with zero attached hydrogens (tertiary/aromatic N) is 3. The zero-order valence-corrected chi connectivity index (χ0v) is 12.7. The average Bonchev–Trinajstić information content (AvgIpc) is 3.02. The molecule has 0 spiro atoms. The average molecular weight is 322 g/mol. The molecule has 0 aliphatic rings. The zero-order chi connectivity index (χ0) is 15.9. The molecular weight excluding hydrogens is 310 g/mol. The number of nitrogens with one attached hydrogen (secondary N) is 1. The van der Waals surface area contributed by atoms with Crippen molar-refractivity contribution >= 4 is 32.6 Å². The first-order valence-electron chi connectivity index (χ1n) is 6.59. The molecule has 22 heavy (non-hydrogen) atoms. The van der Waals surface area contributed by atoms with Crippen LogP contribution in [0, 0.1) is 18.6 Å². The highest BCUT2D eigenvalue weighted by Gasteiger charge is 2.16. The summed E-state index contributed by atoms with van der Waals surface area (Å²) >= 11 is 1.01. The molecule has 0 atom stereocenters. The number of carbonyl (C=O) groups is 1. The van der Waals surface area contributed by atoms with E-state index in [0.29, 0.717) is 11.2 Å². The van der Waals surface area contributed by atoms with Crippen molar-refractivity contribution in [2.75, 3.05) is 5.32 Å². The number of benzene rings is 1. The highest BCUT2D eigenvalue weighted by atomic mass is 32.1. The normalized spacial score (nSPS) is 11.1. The fraction of sp³-hybridized carbons (Fsp3) is 0.214. The minimum atomic E-state index is -0.752. The molecule has 5 nitrogen and oxygen atoms in total. The summed E-state index contributed by atoms with van der Waals surface area (Å²) in [6.45, 7) is 4.43. The first-order chi connectivity index (χ1) is 10.5. The molecule has 0 aliphatic carbocycles. The molecule has 0 saturated heterocycles. The molecule has 2 aromatic heterocycles. The van der Waals surface area contributed by atoms with Gasteiger partial charge in [-0.3, -0.25) is 14.8 Å². The molecule has 0 saturated carbocycles.